The van der Waals surface area contributed by atoms with Crippen molar-refractivity contribution in [2.45, 2.75) is 50.3 Å². The van der Waals surface area contributed by atoms with E-state index in [0.29, 0.717) is 27.9 Å². The third kappa shape index (κ3) is 5.30. The molecule has 2 heterocycles. The van der Waals surface area contributed by atoms with Gasteiger partial charge < -0.3 is 24.4 Å². The average molecular weight is 518 g/mol. The molecule has 1 amide bonds. The number of ether oxygens (including phenoxy) is 2. The number of anilines is 1. The molecule has 1 N–H and O–H groups in total. The number of thioether (sulfide) groups is 1. The van der Waals surface area contributed by atoms with Crippen LogP contribution in [-0.4, -0.2) is 36.1 Å². The molecular formula is C24H27N3O6S2. The summed E-state index contributed by atoms with van der Waals surface area (Å²) in [6.45, 7) is 5.88. The summed E-state index contributed by atoms with van der Waals surface area (Å²) in [4.78, 5) is 27.0. The Labute approximate surface area is 211 Å². The number of esters is 1. The van der Waals surface area contributed by atoms with E-state index in [1.165, 1.54) is 16.0 Å². The second kappa shape index (κ2) is 10.7. The molecule has 1 aromatic carbocycles. The number of hydrogen-bond donors (Lipinski definition) is 1. The zero-order valence-corrected chi connectivity index (χ0v) is 21.6. The van der Waals surface area contributed by atoms with Crippen molar-refractivity contribution in [3.8, 4) is 17.4 Å². The van der Waals surface area contributed by atoms with Crippen LogP contribution in [0.5, 0.6) is 11.7 Å². The van der Waals surface area contributed by atoms with Crippen molar-refractivity contribution in [3.63, 3.8) is 0 Å². The number of carbonyl (C=O) groups excluding carboxylic acids is 2. The summed E-state index contributed by atoms with van der Waals surface area (Å²) < 4.78 is 16.7. The van der Waals surface area contributed by atoms with Gasteiger partial charge >= 0.3 is 5.97 Å². The van der Waals surface area contributed by atoms with Gasteiger partial charge in [0.15, 0.2) is 5.95 Å². The van der Waals surface area contributed by atoms with Gasteiger partial charge in [0.05, 0.1) is 29.8 Å². The molecule has 0 saturated heterocycles. The van der Waals surface area contributed by atoms with Crippen LogP contribution in [0, 0.1) is 5.92 Å². The SMILES string of the molecule is CCOC(=O)c1c(NC(=O)C(C)Sc2c([O-])on[n+]2-c2ccc(OC)cc2)sc2c1CCC(C)C2. The Balaban J connectivity index is 1.55. The highest BCUT2D eigenvalue weighted by Crippen LogP contribution is 2.40. The predicted molar refractivity (Wildman–Crippen MR) is 129 cm³/mol. The summed E-state index contributed by atoms with van der Waals surface area (Å²) in [5.41, 5.74) is 2.02. The summed E-state index contributed by atoms with van der Waals surface area (Å²) in [5.74, 6) is -0.222. The Morgan fingerprint density at radius 3 is 2.80 bits per heavy atom. The minimum atomic E-state index is -0.667. The standard InChI is InChI=1S/C24H27N3O6S2/c1-5-32-23(29)19-17-11-6-13(2)12-18(17)35-21(19)25-20(28)14(3)34-22-24(30)33-26-27(22)15-7-9-16(31-4)10-8-15/h7-10,13-14H,5-6,11-12H2,1-4H3,(H-,25,26,28,29,30). The third-order valence-corrected chi connectivity index (χ3v) is 8.08. The van der Waals surface area contributed by atoms with Crippen LogP contribution in [0.15, 0.2) is 33.8 Å². The van der Waals surface area contributed by atoms with Crippen LogP contribution in [0.2, 0.25) is 0 Å². The van der Waals surface area contributed by atoms with Crippen molar-refractivity contribution in [2.24, 2.45) is 5.92 Å². The first-order valence-corrected chi connectivity index (χ1v) is 13.0. The van der Waals surface area contributed by atoms with E-state index in [-0.39, 0.29) is 17.5 Å². The number of nitrogens with one attached hydrogen (secondary N) is 1. The summed E-state index contributed by atoms with van der Waals surface area (Å²) >= 11 is 2.46. The zero-order chi connectivity index (χ0) is 25.1. The number of fused-ring (bicyclic) bond motifs is 1. The van der Waals surface area contributed by atoms with Gasteiger partial charge in [-0.15, -0.1) is 11.3 Å². The molecular weight excluding hydrogens is 490 g/mol. The molecule has 4 rings (SSSR count). The van der Waals surface area contributed by atoms with Gasteiger partial charge in [-0.05, 0) is 73.2 Å². The minimum absolute atomic E-state index is 0.169. The van der Waals surface area contributed by atoms with Gasteiger partial charge in [-0.25, -0.2) is 4.79 Å². The molecule has 0 aliphatic heterocycles. The summed E-state index contributed by atoms with van der Waals surface area (Å²) in [6, 6.07) is 6.95. The van der Waals surface area contributed by atoms with E-state index in [9.17, 15) is 14.7 Å². The van der Waals surface area contributed by atoms with Gasteiger partial charge in [-0.1, -0.05) is 6.92 Å². The molecule has 2 aromatic heterocycles. The van der Waals surface area contributed by atoms with Crippen molar-refractivity contribution in [2.75, 3.05) is 19.0 Å². The van der Waals surface area contributed by atoms with Gasteiger partial charge in [0, 0.05) is 17.0 Å². The van der Waals surface area contributed by atoms with Crippen molar-refractivity contribution in [1.82, 2.24) is 5.27 Å². The first-order chi connectivity index (χ1) is 16.8. The number of methoxy groups -OCH3 is 1. The zero-order valence-electron chi connectivity index (χ0n) is 20.0. The van der Waals surface area contributed by atoms with Gasteiger partial charge in [0.1, 0.15) is 10.8 Å². The molecule has 2 atom stereocenters. The molecule has 35 heavy (non-hydrogen) atoms. The highest BCUT2D eigenvalue weighted by Gasteiger charge is 2.31. The van der Waals surface area contributed by atoms with Crippen LogP contribution in [0.1, 0.15) is 48.0 Å². The second-order valence-corrected chi connectivity index (χ2v) is 10.7. The molecule has 9 nitrogen and oxygen atoms in total. The van der Waals surface area contributed by atoms with Gasteiger partial charge in [0.25, 0.3) is 5.03 Å². The molecule has 186 valence electrons. The van der Waals surface area contributed by atoms with Crippen molar-refractivity contribution in [1.29, 1.82) is 0 Å². The maximum Gasteiger partial charge on any atom is 0.341 e. The maximum absolute atomic E-state index is 13.1. The molecule has 0 bridgehead atoms. The van der Waals surface area contributed by atoms with Crippen molar-refractivity contribution >= 4 is 40.0 Å². The van der Waals surface area contributed by atoms with Gasteiger partial charge in [-0.2, -0.15) is 0 Å². The average Bonchev–Trinajstić information content (AvgIpc) is 3.38. The lowest BCUT2D eigenvalue weighted by molar-refractivity contribution is -0.705. The summed E-state index contributed by atoms with van der Waals surface area (Å²) in [6.07, 6.45) is 2.64. The van der Waals surface area contributed by atoms with Crippen LogP contribution in [0.25, 0.3) is 5.69 Å². The fraction of sp³-hybridized carbons (Fsp3) is 0.417. The molecule has 0 spiro atoms. The van der Waals surface area contributed by atoms with Crippen molar-refractivity contribution in [3.05, 3.63) is 40.3 Å². The molecule has 1 aliphatic rings. The largest absolute Gasteiger partial charge is 0.538 e. The summed E-state index contributed by atoms with van der Waals surface area (Å²) in [5, 5.41) is 19.1. The van der Waals surface area contributed by atoms with E-state index in [0.717, 1.165) is 41.5 Å². The fourth-order valence-corrected chi connectivity index (χ4v) is 6.19. The Morgan fingerprint density at radius 2 is 2.11 bits per heavy atom. The Hall–Kier alpha value is -3.05. The smallest absolute Gasteiger partial charge is 0.341 e. The molecule has 2 unspecified atom stereocenters. The number of amides is 1. The highest BCUT2D eigenvalue weighted by atomic mass is 32.2. The normalized spacial score (nSPS) is 15.8. The molecule has 0 fully saturated rings. The number of nitrogens with zero attached hydrogens (tertiary/aromatic N) is 2. The topological polar surface area (TPSA) is 118 Å². The van der Waals surface area contributed by atoms with Crippen LogP contribution >= 0.6 is 23.1 Å². The summed E-state index contributed by atoms with van der Waals surface area (Å²) in [7, 11) is 1.56. The number of aromatic nitrogens is 2. The fourth-order valence-electron chi connectivity index (χ4n) is 3.92. The van der Waals surface area contributed by atoms with Crippen LogP contribution in [-0.2, 0) is 22.4 Å². The molecule has 0 saturated carbocycles. The van der Waals surface area contributed by atoms with E-state index >= 15 is 0 Å². The van der Waals surface area contributed by atoms with E-state index < -0.39 is 17.2 Å². The van der Waals surface area contributed by atoms with Crippen LogP contribution < -0.4 is 19.8 Å². The maximum atomic E-state index is 13.1. The van der Waals surface area contributed by atoms with Crippen LogP contribution in [0.4, 0.5) is 5.00 Å². The first kappa shape index (κ1) is 25.1. The van der Waals surface area contributed by atoms with E-state index in [1.807, 2.05) is 0 Å². The number of hydrogen-bond acceptors (Lipinski definition) is 9. The van der Waals surface area contributed by atoms with Gasteiger partial charge in [-0.3, -0.25) is 4.79 Å². The van der Waals surface area contributed by atoms with E-state index in [4.69, 9.17) is 14.0 Å². The van der Waals surface area contributed by atoms with Crippen LogP contribution in [0.3, 0.4) is 0 Å². The monoisotopic (exact) mass is 517 g/mol. The van der Waals surface area contributed by atoms with E-state index in [2.05, 4.69) is 17.5 Å². The van der Waals surface area contributed by atoms with E-state index in [1.54, 1.807) is 45.2 Å². The molecule has 3 aromatic rings. The quantitative estimate of drug-likeness (QED) is 0.274. The van der Waals surface area contributed by atoms with Crippen molar-refractivity contribution < 1.29 is 33.4 Å². The number of thiophene rings is 1. The Kier molecular flexibility index (Phi) is 7.66. The first-order valence-electron chi connectivity index (χ1n) is 11.3. The number of rotatable bonds is 8. The lowest BCUT2D eigenvalue weighted by Gasteiger charge is -2.18. The Morgan fingerprint density at radius 1 is 1.37 bits per heavy atom. The third-order valence-electron chi connectivity index (χ3n) is 5.77. The second-order valence-electron chi connectivity index (χ2n) is 8.30. The minimum Gasteiger partial charge on any atom is -0.538 e. The number of benzene rings is 1. The molecule has 1 aliphatic carbocycles. The predicted octanol–water partition coefficient (Wildman–Crippen LogP) is 3.52. The van der Waals surface area contributed by atoms with Gasteiger partial charge in [0.2, 0.25) is 11.6 Å². The Bertz CT molecular complexity index is 1220. The lowest BCUT2D eigenvalue weighted by atomic mass is 9.88. The number of carbonyl (C=O) groups is 2. The molecule has 0 radical (unpaired) electrons. The lowest BCUT2D eigenvalue weighted by Crippen LogP contribution is -2.36. The highest BCUT2D eigenvalue weighted by molar-refractivity contribution is 8.00. The molecule has 11 heteroatoms.